The molecule has 0 atom stereocenters. The van der Waals surface area contributed by atoms with Gasteiger partial charge in [0, 0.05) is 0 Å². The summed E-state index contributed by atoms with van der Waals surface area (Å²) < 4.78 is 6.29. The molecule has 1 N–H and O–H groups in total. The molecular formula is C18H19BrN2O2. The Morgan fingerprint density at radius 3 is 2.57 bits per heavy atom. The first-order valence-electron chi connectivity index (χ1n) is 7.24. The number of hydrogen-bond acceptors (Lipinski definition) is 3. The number of ether oxygens (including phenoxy) is 1. The molecule has 0 aliphatic heterocycles. The second kappa shape index (κ2) is 7.92. The molecule has 0 saturated heterocycles. The predicted octanol–water partition coefficient (Wildman–Crippen LogP) is 3.90. The molecule has 0 saturated carbocycles. The first kappa shape index (κ1) is 17.2. The van der Waals surface area contributed by atoms with E-state index in [9.17, 15) is 4.79 Å². The van der Waals surface area contributed by atoms with Crippen LogP contribution in [0, 0.1) is 20.8 Å². The summed E-state index contributed by atoms with van der Waals surface area (Å²) >= 11 is 3.41. The Hall–Kier alpha value is -2.14. The van der Waals surface area contributed by atoms with E-state index in [2.05, 4.69) is 32.5 Å². The number of hydrogen-bond donors (Lipinski definition) is 1. The third-order valence-corrected chi connectivity index (χ3v) is 3.88. The number of rotatable bonds is 5. The van der Waals surface area contributed by atoms with Crippen molar-refractivity contribution in [1.82, 2.24) is 5.43 Å². The molecule has 0 fully saturated rings. The molecule has 0 unspecified atom stereocenters. The van der Waals surface area contributed by atoms with Crippen LogP contribution in [0.25, 0.3) is 0 Å². The third kappa shape index (κ3) is 5.21. The van der Waals surface area contributed by atoms with Gasteiger partial charge in [0.15, 0.2) is 6.61 Å². The highest BCUT2D eigenvalue weighted by atomic mass is 79.9. The standard InChI is InChI=1S/C18H19BrN2O2/c1-12-4-6-15(14(3)8-12)10-20-21-18(22)11-23-17-7-5-13(2)9-16(17)19/h4-10H,11H2,1-3H3,(H,21,22). The van der Waals surface area contributed by atoms with Crippen molar-refractivity contribution in [2.75, 3.05) is 6.61 Å². The summed E-state index contributed by atoms with van der Waals surface area (Å²) in [6.07, 6.45) is 1.63. The topological polar surface area (TPSA) is 50.7 Å². The molecule has 0 aliphatic rings. The number of benzene rings is 2. The first-order valence-corrected chi connectivity index (χ1v) is 8.03. The third-order valence-electron chi connectivity index (χ3n) is 3.26. The predicted molar refractivity (Wildman–Crippen MR) is 96.0 cm³/mol. The van der Waals surface area contributed by atoms with Crippen LogP contribution in [0.5, 0.6) is 5.75 Å². The minimum absolute atomic E-state index is 0.0914. The van der Waals surface area contributed by atoms with Crippen LogP contribution in [-0.4, -0.2) is 18.7 Å². The maximum absolute atomic E-state index is 11.8. The Kier molecular flexibility index (Phi) is 5.93. The number of nitrogens with zero attached hydrogens (tertiary/aromatic N) is 1. The largest absolute Gasteiger partial charge is 0.483 e. The van der Waals surface area contributed by atoms with Gasteiger partial charge in [-0.25, -0.2) is 5.43 Å². The molecular weight excluding hydrogens is 356 g/mol. The van der Waals surface area contributed by atoms with Crippen LogP contribution in [0.15, 0.2) is 46.0 Å². The smallest absolute Gasteiger partial charge is 0.277 e. The Labute approximate surface area is 144 Å². The van der Waals surface area contributed by atoms with E-state index in [1.807, 2.05) is 51.1 Å². The zero-order valence-electron chi connectivity index (χ0n) is 13.4. The Bertz CT molecular complexity index is 742. The van der Waals surface area contributed by atoms with Gasteiger partial charge in [-0.2, -0.15) is 5.10 Å². The van der Waals surface area contributed by atoms with Crippen LogP contribution in [0.3, 0.4) is 0 Å². The van der Waals surface area contributed by atoms with Crippen molar-refractivity contribution in [3.05, 3.63) is 63.1 Å². The highest BCUT2D eigenvalue weighted by Gasteiger charge is 2.05. The van der Waals surface area contributed by atoms with Gasteiger partial charge in [-0.05, 0) is 65.5 Å². The SMILES string of the molecule is Cc1ccc(C=NNC(=O)COc2ccc(C)cc2Br)c(C)c1. The van der Waals surface area contributed by atoms with Crippen LogP contribution >= 0.6 is 15.9 Å². The van der Waals surface area contributed by atoms with Crippen LogP contribution < -0.4 is 10.2 Å². The fourth-order valence-corrected chi connectivity index (χ4v) is 2.65. The van der Waals surface area contributed by atoms with Crippen molar-refractivity contribution in [3.63, 3.8) is 0 Å². The summed E-state index contributed by atoms with van der Waals surface area (Å²) in [6, 6.07) is 11.7. The molecule has 1 amide bonds. The zero-order valence-corrected chi connectivity index (χ0v) is 15.0. The van der Waals surface area contributed by atoms with Crippen molar-refractivity contribution in [3.8, 4) is 5.75 Å². The molecule has 0 spiro atoms. The van der Waals surface area contributed by atoms with E-state index in [1.165, 1.54) is 5.56 Å². The monoisotopic (exact) mass is 374 g/mol. The van der Waals surface area contributed by atoms with Crippen molar-refractivity contribution in [2.45, 2.75) is 20.8 Å². The fraction of sp³-hybridized carbons (Fsp3) is 0.222. The number of carbonyl (C=O) groups is 1. The fourth-order valence-electron chi connectivity index (χ4n) is 2.04. The molecule has 120 valence electrons. The maximum atomic E-state index is 11.8. The lowest BCUT2D eigenvalue weighted by atomic mass is 10.1. The van der Waals surface area contributed by atoms with Crippen LogP contribution in [0.4, 0.5) is 0 Å². The summed E-state index contributed by atoms with van der Waals surface area (Å²) in [5, 5.41) is 3.96. The van der Waals surface area contributed by atoms with Crippen LogP contribution in [-0.2, 0) is 4.79 Å². The van der Waals surface area contributed by atoms with Gasteiger partial charge in [-0.3, -0.25) is 4.79 Å². The van der Waals surface area contributed by atoms with Crippen molar-refractivity contribution in [2.24, 2.45) is 5.10 Å². The second-order valence-electron chi connectivity index (χ2n) is 5.38. The van der Waals surface area contributed by atoms with Gasteiger partial charge >= 0.3 is 0 Å². The number of halogens is 1. The summed E-state index contributed by atoms with van der Waals surface area (Å²) in [7, 11) is 0. The van der Waals surface area contributed by atoms with Crippen LogP contribution in [0.1, 0.15) is 22.3 Å². The Balaban J connectivity index is 1.86. The zero-order chi connectivity index (χ0) is 16.8. The number of amides is 1. The summed E-state index contributed by atoms with van der Waals surface area (Å²) in [5.41, 5.74) is 6.86. The van der Waals surface area contributed by atoms with E-state index in [4.69, 9.17) is 4.74 Å². The second-order valence-corrected chi connectivity index (χ2v) is 6.23. The molecule has 5 heteroatoms. The van der Waals surface area contributed by atoms with Gasteiger partial charge in [0.05, 0.1) is 10.7 Å². The summed E-state index contributed by atoms with van der Waals surface area (Å²) in [6.45, 7) is 5.94. The van der Waals surface area contributed by atoms with Gasteiger partial charge in [-0.1, -0.05) is 29.8 Å². The highest BCUT2D eigenvalue weighted by Crippen LogP contribution is 2.25. The molecule has 23 heavy (non-hydrogen) atoms. The molecule has 0 bridgehead atoms. The summed E-state index contributed by atoms with van der Waals surface area (Å²) in [5.74, 6) is 0.322. The lowest BCUT2D eigenvalue weighted by Crippen LogP contribution is -2.24. The Morgan fingerprint density at radius 2 is 1.87 bits per heavy atom. The lowest BCUT2D eigenvalue weighted by molar-refractivity contribution is -0.123. The van der Waals surface area contributed by atoms with E-state index >= 15 is 0 Å². The number of hydrazone groups is 1. The average Bonchev–Trinajstić information content (AvgIpc) is 2.48. The number of nitrogens with one attached hydrogen (secondary N) is 1. The molecule has 0 aromatic heterocycles. The van der Waals surface area contributed by atoms with Crippen molar-refractivity contribution >= 4 is 28.1 Å². The first-order chi connectivity index (χ1) is 11.0. The van der Waals surface area contributed by atoms with Gasteiger partial charge in [0.2, 0.25) is 0 Å². The normalized spacial score (nSPS) is 10.8. The van der Waals surface area contributed by atoms with Crippen molar-refractivity contribution in [1.29, 1.82) is 0 Å². The van der Waals surface area contributed by atoms with Gasteiger partial charge < -0.3 is 4.74 Å². The van der Waals surface area contributed by atoms with E-state index < -0.39 is 0 Å². The number of aryl methyl sites for hydroxylation is 3. The average molecular weight is 375 g/mol. The molecule has 2 aromatic carbocycles. The highest BCUT2D eigenvalue weighted by molar-refractivity contribution is 9.10. The number of carbonyl (C=O) groups excluding carboxylic acids is 1. The van der Waals surface area contributed by atoms with Gasteiger partial charge in [0.25, 0.3) is 5.91 Å². The lowest BCUT2D eigenvalue weighted by Gasteiger charge is -2.07. The molecule has 2 rings (SSSR count). The molecule has 4 nitrogen and oxygen atoms in total. The van der Waals surface area contributed by atoms with Crippen LogP contribution in [0.2, 0.25) is 0 Å². The quantitative estimate of drug-likeness (QED) is 0.637. The van der Waals surface area contributed by atoms with Gasteiger partial charge in [-0.15, -0.1) is 0 Å². The van der Waals surface area contributed by atoms with E-state index in [-0.39, 0.29) is 12.5 Å². The van der Waals surface area contributed by atoms with E-state index in [0.29, 0.717) is 5.75 Å². The Morgan fingerprint density at radius 1 is 1.17 bits per heavy atom. The molecule has 0 radical (unpaired) electrons. The molecule has 0 aliphatic carbocycles. The van der Waals surface area contributed by atoms with E-state index in [0.717, 1.165) is 21.2 Å². The maximum Gasteiger partial charge on any atom is 0.277 e. The minimum Gasteiger partial charge on any atom is -0.483 e. The summed E-state index contributed by atoms with van der Waals surface area (Å²) in [4.78, 5) is 11.8. The van der Waals surface area contributed by atoms with Gasteiger partial charge in [0.1, 0.15) is 5.75 Å². The van der Waals surface area contributed by atoms with E-state index in [1.54, 1.807) is 6.21 Å². The van der Waals surface area contributed by atoms with Crippen molar-refractivity contribution < 1.29 is 9.53 Å². The molecule has 2 aromatic rings. The molecule has 0 heterocycles. The minimum atomic E-state index is -0.307.